The van der Waals surface area contributed by atoms with Crippen LogP contribution in [0.4, 0.5) is 0 Å². The van der Waals surface area contributed by atoms with E-state index in [4.69, 9.17) is 32.7 Å². The lowest BCUT2D eigenvalue weighted by Crippen LogP contribution is -2.23. The highest BCUT2D eigenvalue weighted by molar-refractivity contribution is 7.13. The van der Waals surface area contributed by atoms with Crippen LogP contribution in [-0.4, -0.2) is 24.5 Å². The van der Waals surface area contributed by atoms with Gasteiger partial charge in [-0.1, -0.05) is 35.3 Å². The van der Waals surface area contributed by atoms with Gasteiger partial charge in [-0.15, -0.1) is 17.9 Å². The molecule has 0 saturated carbocycles. The zero-order valence-electron chi connectivity index (χ0n) is 15.6. The fourth-order valence-corrected chi connectivity index (χ4v) is 3.74. The molecule has 150 valence electrons. The predicted octanol–water partition coefficient (Wildman–Crippen LogP) is 5.62. The Morgan fingerprint density at radius 2 is 2.07 bits per heavy atom. The summed E-state index contributed by atoms with van der Waals surface area (Å²) >= 11 is 13.5. The van der Waals surface area contributed by atoms with E-state index in [0.717, 1.165) is 11.1 Å². The number of thiazole rings is 1. The Balaban J connectivity index is 1.76. The lowest BCUT2D eigenvalue weighted by molar-refractivity contribution is 0.0954. The number of methoxy groups -OCH3 is 1. The average Bonchev–Trinajstić information content (AvgIpc) is 3.21. The molecular weight excluding hydrogens is 431 g/mol. The Morgan fingerprint density at radius 3 is 2.79 bits per heavy atom. The molecule has 0 aliphatic rings. The number of amides is 1. The number of halogens is 2. The first kappa shape index (κ1) is 21.2. The molecule has 3 rings (SSSR count). The topological polar surface area (TPSA) is 60.5 Å². The Kier molecular flexibility index (Phi) is 7.14. The van der Waals surface area contributed by atoms with Crippen molar-refractivity contribution in [3.63, 3.8) is 0 Å². The van der Waals surface area contributed by atoms with Crippen molar-refractivity contribution in [1.82, 2.24) is 10.3 Å². The molecule has 29 heavy (non-hydrogen) atoms. The molecule has 0 aliphatic carbocycles. The van der Waals surface area contributed by atoms with Gasteiger partial charge in [0.1, 0.15) is 17.3 Å². The molecule has 0 spiro atoms. The highest BCUT2D eigenvalue weighted by Crippen LogP contribution is 2.34. The van der Waals surface area contributed by atoms with Gasteiger partial charge in [-0.3, -0.25) is 4.79 Å². The zero-order chi connectivity index (χ0) is 20.8. The zero-order valence-corrected chi connectivity index (χ0v) is 17.9. The van der Waals surface area contributed by atoms with Crippen LogP contribution >= 0.6 is 34.5 Å². The minimum atomic E-state index is -0.237. The number of hydrogen-bond donors (Lipinski definition) is 1. The molecule has 5 nitrogen and oxygen atoms in total. The summed E-state index contributed by atoms with van der Waals surface area (Å²) in [7, 11) is 1.57. The van der Waals surface area contributed by atoms with Crippen molar-refractivity contribution in [2.75, 3.05) is 13.7 Å². The summed E-state index contributed by atoms with van der Waals surface area (Å²) in [5.41, 5.74) is 2.01. The first-order chi connectivity index (χ1) is 14.0. The number of benzene rings is 2. The molecule has 1 N–H and O–H groups in total. The molecule has 1 amide bonds. The molecule has 2 aromatic carbocycles. The third-order valence-electron chi connectivity index (χ3n) is 3.95. The lowest BCUT2D eigenvalue weighted by atomic mass is 10.2. The highest BCUT2D eigenvalue weighted by Gasteiger charge is 2.14. The molecular formula is C21H18Cl2N2O3S. The van der Waals surface area contributed by atoms with Gasteiger partial charge < -0.3 is 14.8 Å². The predicted molar refractivity (Wildman–Crippen MR) is 117 cm³/mol. The van der Waals surface area contributed by atoms with E-state index >= 15 is 0 Å². The molecule has 0 fully saturated rings. The van der Waals surface area contributed by atoms with Crippen molar-refractivity contribution in [3.8, 4) is 22.1 Å². The van der Waals surface area contributed by atoms with Crippen molar-refractivity contribution in [2.24, 2.45) is 0 Å². The van der Waals surface area contributed by atoms with Gasteiger partial charge in [0.15, 0.2) is 11.5 Å². The van der Waals surface area contributed by atoms with E-state index in [0.29, 0.717) is 38.8 Å². The monoisotopic (exact) mass is 448 g/mol. The van der Waals surface area contributed by atoms with E-state index in [-0.39, 0.29) is 12.5 Å². The first-order valence-corrected chi connectivity index (χ1v) is 10.2. The van der Waals surface area contributed by atoms with Crippen LogP contribution < -0.4 is 14.8 Å². The van der Waals surface area contributed by atoms with Crippen molar-refractivity contribution >= 4 is 40.4 Å². The Hall–Kier alpha value is -2.54. The number of carbonyl (C=O) groups excluding carboxylic acids is 1. The SMILES string of the molecule is C=CCNC(=O)c1csc(-c2ccc(OCc3ccc(Cl)cc3Cl)c(OC)c2)n1. The highest BCUT2D eigenvalue weighted by atomic mass is 35.5. The van der Waals surface area contributed by atoms with Crippen molar-refractivity contribution in [2.45, 2.75) is 6.61 Å². The summed E-state index contributed by atoms with van der Waals surface area (Å²) in [5.74, 6) is 0.891. The molecule has 8 heteroatoms. The molecule has 0 saturated heterocycles. The maximum absolute atomic E-state index is 12.0. The van der Waals surface area contributed by atoms with Crippen LogP contribution in [0.2, 0.25) is 10.0 Å². The summed E-state index contributed by atoms with van der Waals surface area (Å²) in [6.07, 6.45) is 1.62. The molecule has 3 aromatic rings. The second kappa shape index (κ2) is 9.78. The van der Waals surface area contributed by atoms with E-state index in [1.807, 2.05) is 18.2 Å². The minimum absolute atomic E-state index is 0.237. The number of nitrogens with one attached hydrogen (secondary N) is 1. The van der Waals surface area contributed by atoms with Crippen LogP contribution in [0.25, 0.3) is 10.6 Å². The van der Waals surface area contributed by atoms with Gasteiger partial charge in [0.2, 0.25) is 0 Å². The van der Waals surface area contributed by atoms with E-state index in [2.05, 4.69) is 16.9 Å². The van der Waals surface area contributed by atoms with Gasteiger partial charge in [0, 0.05) is 33.1 Å². The smallest absolute Gasteiger partial charge is 0.271 e. The van der Waals surface area contributed by atoms with Crippen LogP contribution in [-0.2, 0) is 6.61 Å². The summed E-state index contributed by atoms with van der Waals surface area (Å²) in [4.78, 5) is 16.4. The number of carbonyl (C=O) groups is 1. The normalized spacial score (nSPS) is 10.4. The molecule has 1 aromatic heterocycles. The summed E-state index contributed by atoms with van der Waals surface area (Å²) < 4.78 is 11.3. The van der Waals surface area contributed by atoms with Gasteiger partial charge in [0.05, 0.1) is 7.11 Å². The van der Waals surface area contributed by atoms with E-state index < -0.39 is 0 Å². The maximum Gasteiger partial charge on any atom is 0.271 e. The summed E-state index contributed by atoms with van der Waals surface area (Å²) in [6.45, 7) is 4.24. The Bertz CT molecular complexity index is 1040. The minimum Gasteiger partial charge on any atom is -0.493 e. The molecule has 0 radical (unpaired) electrons. The summed E-state index contributed by atoms with van der Waals surface area (Å²) in [5, 5.41) is 6.24. The van der Waals surface area contributed by atoms with Gasteiger partial charge in [-0.25, -0.2) is 4.98 Å². The van der Waals surface area contributed by atoms with E-state index in [1.165, 1.54) is 11.3 Å². The average molecular weight is 449 g/mol. The third kappa shape index (κ3) is 5.29. The second-order valence-corrected chi connectivity index (χ2v) is 7.63. The van der Waals surface area contributed by atoms with E-state index in [9.17, 15) is 4.79 Å². The Morgan fingerprint density at radius 1 is 1.24 bits per heavy atom. The summed E-state index contributed by atoms with van der Waals surface area (Å²) in [6, 6.07) is 10.7. The first-order valence-electron chi connectivity index (χ1n) is 8.61. The molecule has 0 unspecified atom stereocenters. The van der Waals surface area contributed by atoms with Crippen molar-refractivity contribution in [1.29, 1.82) is 0 Å². The fraction of sp³-hybridized carbons (Fsp3) is 0.143. The Labute approximate surface area is 182 Å². The number of nitrogens with zero attached hydrogens (tertiary/aromatic N) is 1. The van der Waals surface area contributed by atoms with E-state index in [1.54, 1.807) is 36.8 Å². The van der Waals surface area contributed by atoms with Gasteiger partial charge >= 0.3 is 0 Å². The van der Waals surface area contributed by atoms with Crippen molar-refractivity contribution < 1.29 is 14.3 Å². The van der Waals surface area contributed by atoms with Crippen LogP contribution in [0.5, 0.6) is 11.5 Å². The van der Waals surface area contributed by atoms with Crippen LogP contribution in [0.1, 0.15) is 16.1 Å². The maximum atomic E-state index is 12.0. The van der Waals surface area contributed by atoms with Crippen molar-refractivity contribution in [3.05, 3.63) is 75.7 Å². The number of rotatable bonds is 8. The second-order valence-electron chi connectivity index (χ2n) is 5.93. The molecule has 1 heterocycles. The molecule has 0 bridgehead atoms. The molecule has 0 aliphatic heterocycles. The number of aromatic nitrogens is 1. The third-order valence-corrected chi connectivity index (χ3v) is 5.43. The van der Waals surface area contributed by atoms with Gasteiger partial charge in [-0.2, -0.15) is 0 Å². The number of ether oxygens (including phenoxy) is 2. The largest absolute Gasteiger partial charge is 0.493 e. The standard InChI is InChI=1S/C21H18Cl2N2O3S/c1-3-8-24-20(26)17-12-29-21(25-17)13-5-7-18(19(9-13)27-2)28-11-14-4-6-15(22)10-16(14)23/h3-7,9-10,12H,1,8,11H2,2H3,(H,24,26). The molecule has 0 atom stereocenters. The van der Waals surface area contributed by atoms with Gasteiger partial charge in [0.25, 0.3) is 5.91 Å². The van der Waals surface area contributed by atoms with Gasteiger partial charge in [-0.05, 0) is 30.3 Å². The van der Waals surface area contributed by atoms with Crippen LogP contribution in [0, 0.1) is 0 Å². The van der Waals surface area contributed by atoms with Crippen LogP contribution in [0.15, 0.2) is 54.4 Å². The fourth-order valence-electron chi connectivity index (χ4n) is 2.48. The quantitative estimate of drug-likeness (QED) is 0.454. The van der Waals surface area contributed by atoms with Crippen LogP contribution in [0.3, 0.4) is 0 Å². The number of hydrogen-bond acceptors (Lipinski definition) is 5. The lowest BCUT2D eigenvalue weighted by Gasteiger charge is -2.12.